The van der Waals surface area contributed by atoms with E-state index in [0.29, 0.717) is 5.82 Å². The van der Waals surface area contributed by atoms with E-state index in [2.05, 4.69) is 175 Å². The van der Waals surface area contributed by atoms with Gasteiger partial charge in [0.05, 0.1) is 11.4 Å². The van der Waals surface area contributed by atoms with E-state index in [4.69, 9.17) is 9.97 Å². The van der Waals surface area contributed by atoms with Crippen LogP contribution in [-0.4, -0.2) is 9.97 Å². The van der Waals surface area contributed by atoms with E-state index in [1.54, 1.807) is 0 Å². The number of hydrogen-bond acceptors (Lipinski definition) is 2. The Labute approximate surface area is 284 Å². The van der Waals surface area contributed by atoms with Crippen LogP contribution in [-0.2, 0) is 0 Å². The maximum Gasteiger partial charge on any atom is 0.160 e. The summed E-state index contributed by atoms with van der Waals surface area (Å²) in [5.41, 5.74) is 19.9. The third kappa shape index (κ3) is 6.35. The van der Waals surface area contributed by atoms with Gasteiger partial charge in [-0.2, -0.15) is 0 Å². The zero-order valence-electron chi connectivity index (χ0n) is 28.6. The molecule has 0 spiro atoms. The van der Waals surface area contributed by atoms with Gasteiger partial charge in [-0.25, -0.2) is 9.97 Å². The minimum atomic E-state index is 0.715. The normalized spacial score (nSPS) is 11.1. The summed E-state index contributed by atoms with van der Waals surface area (Å²) in [4.78, 5) is 10.3. The second-order valence-electron chi connectivity index (χ2n) is 13.1. The largest absolute Gasteiger partial charge is 0.228 e. The van der Waals surface area contributed by atoms with Crippen LogP contribution in [0.2, 0.25) is 0 Å². The molecule has 7 aromatic rings. The first-order valence-electron chi connectivity index (χ1n) is 16.6. The van der Waals surface area contributed by atoms with Crippen molar-refractivity contribution in [3.8, 4) is 67.3 Å². The van der Waals surface area contributed by atoms with Gasteiger partial charge < -0.3 is 0 Å². The molecular formula is C46H40N2. The lowest BCUT2D eigenvalue weighted by Gasteiger charge is -2.13. The summed E-state index contributed by atoms with van der Waals surface area (Å²) in [5, 5.41) is 0. The molecule has 0 radical (unpaired) electrons. The molecule has 0 atom stereocenters. The van der Waals surface area contributed by atoms with Crippen LogP contribution in [0.4, 0.5) is 0 Å². The standard InChI is InChI=1S/C46H40N2/c1-29-7-10-32(4)41(25-29)35-13-19-38(20-14-35)44-28-45(39-21-15-36(16-22-39)42-26-30(2)8-11-33(42)5)48-46(47-44)40-23-17-37(18-24-40)43-27-31(3)9-12-34(43)6/h7-28H,1-6H3. The first kappa shape index (κ1) is 31.0. The fraction of sp³-hybridized carbons (Fsp3) is 0.130. The summed E-state index contributed by atoms with van der Waals surface area (Å²) in [7, 11) is 0. The Morgan fingerprint density at radius 1 is 0.292 bits per heavy atom. The zero-order chi connectivity index (χ0) is 33.4. The number of nitrogens with zero attached hydrogens (tertiary/aromatic N) is 2. The van der Waals surface area contributed by atoms with Crippen molar-refractivity contribution in [3.05, 3.63) is 167 Å². The minimum Gasteiger partial charge on any atom is -0.228 e. The lowest BCUT2D eigenvalue weighted by atomic mass is 9.96. The summed E-state index contributed by atoms with van der Waals surface area (Å²) in [6.45, 7) is 12.9. The van der Waals surface area contributed by atoms with E-state index in [9.17, 15) is 0 Å². The number of hydrogen-bond donors (Lipinski definition) is 0. The van der Waals surface area contributed by atoms with Crippen LogP contribution in [0.15, 0.2) is 133 Å². The molecule has 2 heteroatoms. The fourth-order valence-corrected chi connectivity index (χ4v) is 6.45. The maximum atomic E-state index is 5.14. The van der Waals surface area contributed by atoms with Gasteiger partial charge in [-0.15, -0.1) is 0 Å². The summed E-state index contributed by atoms with van der Waals surface area (Å²) >= 11 is 0. The number of aromatic nitrogens is 2. The lowest BCUT2D eigenvalue weighted by molar-refractivity contribution is 1.18. The molecule has 0 aliphatic rings. The van der Waals surface area contributed by atoms with Crippen LogP contribution in [0.1, 0.15) is 33.4 Å². The van der Waals surface area contributed by atoms with Gasteiger partial charge >= 0.3 is 0 Å². The molecule has 0 fully saturated rings. The van der Waals surface area contributed by atoms with Gasteiger partial charge in [0.15, 0.2) is 5.82 Å². The van der Waals surface area contributed by atoms with E-state index in [-0.39, 0.29) is 0 Å². The molecule has 48 heavy (non-hydrogen) atoms. The Bertz CT molecular complexity index is 1990. The molecule has 1 aromatic heterocycles. The molecule has 0 unspecified atom stereocenters. The highest BCUT2D eigenvalue weighted by molar-refractivity contribution is 5.78. The van der Waals surface area contributed by atoms with Gasteiger partial charge in [0.25, 0.3) is 0 Å². The molecule has 0 saturated carbocycles. The summed E-state index contributed by atoms with van der Waals surface area (Å²) in [6, 6.07) is 48.2. The van der Waals surface area contributed by atoms with Crippen LogP contribution in [0.5, 0.6) is 0 Å². The molecule has 0 aliphatic heterocycles. The van der Waals surface area contributed by atoms with Crippen molar-refractivity contribution in [3.63, 3.8) is 0 Å². The number of aryl methyl sites for hydroxylation is 6. The Balaban J connectivity index is 1.30. The molecule has 2 nitrogen and oxygen atoms in total. The molecular weight excluding hydrogens is 581 g/mol. The first-order valence-corrected chi connectivity index (χ1v) is 16.6. The Morgan fingerprint density at radius 3 is 0.917 bits per heavy atom. The number of benzene rings is 6. The van der Waals surface area contributed by atoms with Crippen LogP contribution < -0.4 is 0 Å². The summed E-state index contributed by atoms with van der Waals surface area (Å²) < 4.78 is 0. The topological polar surface area (TPSA) is 25.8 Å². The molecule has 7 rings (SSSR count). The molecule has 6 aromatic carbocycles. The SMILES string of the molecule is Cc1ccc(C)c(-c2ccc(-c3cc(-c4ccc(-c5cc(C)ccc5C)cc4)nc(-c4ccc(-c5cc(C)ccc5C)cc4)n3)cc2)c1. The van der Waals surface area contributed by atoms with Gasteiger partial charge in [-0.05, 0) is 97.7 Å². The van der Waals surface area contributed by atoms with Crippen molar-refractivity contribution >= 4 is 0 Å². The van der Waals surface area contributed by atoms with E-state index >= 15 is 0 Å². The Hall–Kier alpha value is -5.60. The lowest BCUT2D eigenvalue weighted by Crippen LogP contribution is -1.96. The molecule has 1 heterocycles. The van der Waals surface area contributed by atoms with E-state index in [1.807, 2.05) is 0 Å². The van der Waals surface area contributed by atoms with Crippen molar-refractivity contribution in [2.45, 2.75) is 41.5 Å². The number of rotatable bonds is 6. The summed E-state index contributed by atoms with van der Waals surface area (Å²) in [6.07, 6.45) is 0. The van der Waals surface area contributed by atoms with Crippen LogP contribution >= 0.6 is 0 Å². The van der Waals surface area contributed by atoms with E-state index < -0.39 is 0 Å². The molecule has 0 amide bonds. The van der Waals surface area contributed by atoms with Crippen LogP contribution in [0, 0.1) is 41.5 Å². The van der Waals surface area contributed by atoms with E-state index in [0.717, 1.165) is 28.1 Å². The average Bonchev–Trinajstić information content (AvgIpc) is 3.11. The van der Waals surface area contributed by atoms with Gasteiger partial charge in [-0.1, -0.05) is 144 Å². The first-order chi connectivity index (χ1) is 23.2. The Morgan fingerprint density at radius 2 is 0.583 bits per heavy atom. The van der Waals surface area contributed by atoms with Crippen LogP contribution in [0.25, 0.3) is 67.3 Å². The highest BCUT2D eigenvalue weighted by atomic mass is 14.9. The van der Waals surface area contributed by atoms with E-state index in [1.165, 1.54) is 66.8 Å². The van der Waals surface area contributed by atoms with Crippen molar-refractivity contribution in [1.82, 2.24) is 9.97 Å². The minimum absolute atomic E-state index is 0.715. The smallest absolute Gasteiger partial charge is 0.160 e. The van der Waals surface area contributed by atoms with Crippen molar-refractivity contribution in [2.75, 3.05) is 0 Å². The third-order valence-corrected chi connectivity index (χ3v) is 9.34. The van der Waals surface area contributed by atoms with Crippen molar-refractivity contribution in [1.29, 1.82) is 0 Å². The second-order valence-corrected chi connectivity index (χ2v) is 13.1. The molecule has 234 valence electrons. The predicted molar refractivity (Wildman–Crippen MR) is 203 cm³/mol. The molecule has 0 saturated heterocycles. The molecule has 0 aliphatic carbocycles. The molecule has 0 N–H and O–H groups in total. The quantitative estimate of drug-likeness (QED) is 0.185. The molecule has 0 bridgehead atoms. The second kappa shape index (κ2) is 12.9. The highest BCUT2D eigenvalue weighted by Crippen LogP contribution is 2.33. The monoisotopic (exact) mass is 620 g/mol. The summed E-state index contributed by atoms with van der Waals surface area (Å²) in [5.74, 6) is 0.715. The predicted octanol–water partition coefficient (Wildman–Crippen LogP) is 12.3. The van der Waals surface area contributed by atoms with Gasteiger partial charge in [-0.3, -0.25) is 0 Å². The average molecular weight is 621 g/mol. The Kier molecular flexibility index (Phi) is 8.33. The highest BCUT2D eigenvalue weighted by Gasteiger charge is 2.13. The van der Waals surface area contributed by atoms with Crippen LogP contribution in [0.3, 0.4) is 0 Å². The van der Waals surface area contributed by atoms with Crippen molar-refractivity contribution < 1.29 is 0 Å². The third-order valence-electron chi connectivity index (χ3n) is 9.34. The van der Waals surface area contributed by atoms with Gasteiger partial charge in [0.1, 0.15) is 0 Å². The van der Waals surface area contributed by atoms with Crippen molar-refractivity contribution in [2.24, 2.45) is 0 Å². The van der Waals surface area contributed by atoms with Gasteiger partial charge in [0.2, 0.25) is 0 Å². The fourth-order valence-electron chi connectivity index (χ4n) is 6.45. The maximum absolute atomic E-state index is 5.14. The zero-order valence-corrected chi connectivity index (χ0v) is 28.6. The van der Waals surface area contributed by atoms with Gasteiger partial charge in [0, 0.05) is 16.7 Å².